The molecule has 1 amide bonds. The molecule has 0 heterocycles. The van der Waals surface area contributed by atoms with Gasteiger partial charge in [-0.3, -0.25) is 4.79 Å². The molecule has 3 nitrogen and oxygen atoms in total. The second kappa shape index (κ2) is 7.03. The molecule has 116 valence electrons. The average Bonchev–Trinajstić information content (AvgIpc) is 2.47. The van der Waals surface area contributed by atoms with Crippen LogP contribution in [0, 0.1) is 13.8 Å². The zero-order chi connectivity index (χ0) is 16.3. The van der Waals surface area contributed by atoms with Crippen molar-refractivity contribution in [2.75, 3.05) is 5.32 Å². The average molecular weight is 338 g/mol. The van der Waals surface area contributed by atoms with Crippen molar-refractivity contribution in [2.24, 2.45) is 0 Å². The summed E-state index contributed by atoms with van der Waals surface area (Å²) in [6.45, 7) is 5.60. The van der Waals surface area contributed by atoms with E-state index in [1.165, 1.54) is 0 Å². The van der Waals surface area contributed by atoms with E-state index in [9.17, 15) is 4.79 Å². The van der Waals surface area contributed by atoms with E-state index in [0.29, 0.717) is 21.5 Å². The minimum Gasteiger partial charge on any atom is -0.481 e. The highest BCUT2D eigenvalue weighted by atomic mass is 35.5. The molecule has 2 rings (SSSR count). The van der Waals surface area contributed by atoms with Gasteiger partial charge in [-0.05, 0) is 50.1 Å². The lowest BCUT2D eigenvalue weighted by atomic mass is 10.1. The number of amides is 1. The lowest BCUT2D eigenvalue weighted by Gasteiger charge is -2.17. The SMILES string of the molecule is Cc1ccc(C)c(OC(C)C(=O)Nc2cccc(Cl)c2Cl)c1. The van der Waals surface area contributed by atoms with Crippen LogP contribution in [0.1, 0.15) is 18.1 Å². The number of benzene rings is 2. The van der Waals surface area contributed by atoms with Crippen LogP contribution in [-0.4, -0.2) is 12.0 Å². The third-order valence-corrected chi connectivity index (χ3v) is 4.04. The monoisotopic (exact) mass is 337 g/mol. The van der Waals surface area contributed by atoms with Crippen LogP contribution in [0.3, 0.4) is 0 Å². The van der Waals surface area contributed by atoms with Crippen LogP contribution in [0.4, 0.5) is 5.69 Å². The molecule has 0 spiro atoms. The van der Waals surface area contributed by atoms with Gasteiger partial charge in [-0.25, -0.2) is 0 Å². The first-order valence-corrected chi connectivity index (χ1v) is 7.63. The summed E-state index contributed by atoms with van der Waals surface area (Å²) in [6.07, 6.45) is -0.657. The zero-order valence-electron chi connectivity index (χ0n) is 12.6. The van der Waals surface area contributed by atoms with Gasteiger partial charge in [0.25, 0.3) is 5.91 Å². The molecule has 1 atom stereocenters. The Balaban J connectivity index is 2.09. The molecule has 0 aliphatic heterocycles. The van der Waals surface area contributed by atoms with Crippen LogP contribution < -0.4 is 10.1 Å². The van der Waals surface area contributed by atoms with Crippen LogP contribution in [0.15, 0.2) is 36.4 Å². The second-order valence-corrected chi connectivity index (χ2v) is 5.90. The van der Waals surface area contributed by atoms with Crippen LogP contribution in [0.2, 0.25) is 10.0 Å². The third kappa shape index (κ3) is 3.93. The molecular formula is C17H17Cl2NO2. The quantitative estimate of drug-likeness (QED) is 0.850. The number of aryl methyl sites for hydroxylation is 2. The summed E-state index contributed by atoms with van der Waals surface area (Å²) in [5.41, 5.74) is 2.52. The standard InChI is InChI=1S/C17H17Cl2NO2/c1-10-7-8-11(2)15(9-10)22-12(3)17(21)20-14-6-4-5-13(18)16(14)19/h4-9,12H,1-3H3,(H,20,21). The molecule has 22 heavy (non-hydrogen) atoms. The number of halogens is 2. The largest absolute Gasteiger partial charge is 0.481 e. The van der Waals surface area contributed by atoms with E-state index in [1.54, 1.807) is 25.1 Å². The summed E-state index contributed by atoms with van der Waals surface area (Å²) in [4.78, 5) is 12.2. The Labute approximate surface area is 140 Å². The topological polar surface area (TPSA) is 38.3 Å². The lowest BCUT2D eigenvalue weighted by molar-refractivity contribution is -0.122. The highest BCUT2D eigenvalue weighted by Crippen LogP contribution is 2.29. The van der Waals surface area contributed by atoms with E-state index in [0.717, 1.165) is 11.1 Å². The molecule has 2 aromatic carbocycles. The number of anilines is 1. The minimum absolute atomic E-state index is 0.287. The van der Waals surface area contributed by atoms with Gasteiger partial charge in [0.15, 0.2) is 6.10 Å². The van der Waals surface area contributed by atoms with E-state index in [1.807, 2.05) is 32.0 Å². The van der Waals surface area contributed by atoms with Gasteiger partial charge in [-0.15, -0.1) is 0 Å². The zero-order valence-corrected chi connectivity index (χ0v) is 14.1. The Bertz CT molecular complexity index is 701. The van der Waals surface area contributed by atoms with Crippen LogP contribution in [-0.2, 0) is 4.79 Å². The molecule has 0 saturated heterocycles. The predicted molar refractivity (Wildman–Crippen MR) is 91.1 cm³/mol. The van der Waals surface area contributed by atoms with Crippen molar-refractivity contribution in [1.82, 2.24) is 0 Å². The van der Waals surface area contributed by atoms with Crippen molar-refractivity contribution in [1.29, 1.82) is 0 Å². The van der Waals surface area contributed by atoms with E-state index >= 15 is 0 Å². The van der Waals surface area contributed by atoms with Crippen molar-refractivity contribution in [3.8, 4) is 5.75 Å². The van der Waals surface area contributed by atoms with Gasteiger partial charge in [0.05, 0.1) is 15.7 Å². The van der Waals surface area contributed by atoms with Crippen LogP contribution in [0.5, 0.6) is 5.75 Å². The van der Waals surface area contributed by atoms with Crippen LogP contribution >= 0.6 is 23.2 Å². The van der Waals surface area contributed by atoms with Gasteiger partial charge in [-0.1, -0.05) is 41.4 Å². The highest BCUT2D eigenvalue weighted by Gasteiger charge is 2.17. The van der Waals surface area contributed by atoms with E-state index in [4.69, 9.17) is 27.9 Å². The molecular weight excluding hydrogens is 321 g/mol. The molecule has 0 fully saturated rings. The fourth-order valence-electron chi connectivity index (χ4n) is 1.91. The molecule has 0 aliphatic carbocycles. The fourth-order valence-corrected chi connectivity index (χ4v) is 2.26. The second-order valence-electron chi connectivity index (χ2n) is 5.12. The first kappa shape index (κ1) is 16.7. The number of nitrogens with one attached hydrogen (secondary N) is 1. The molecule has 0 aliphatic rings. The van der Waals surface area contributed by atoms with Crippen molar-refractivity contribution in [2.45, 2.75) is 26.9 Å². The van der Waals surface area contributed by atoms with E-state index < -0.39 is 6.10 Å². The summed E-state index contributed by atoms with van der Waals surface area (Å²) < 4.78 is 5.74. The van der Waals surface area contributed by atoms with Gasteiger partial charge >= 0.3 is 0 Å². The molecule has 0 saturated carbocycles. The summed E-state index contributed by atoms with van der Waals surface area (Å²) in [7, 11) is 0. The highest BCUT2D eigenvalue weighted by molar-refractivity contribution is 6.44. The fraction of sp³-hybridized carbons (Fsp3) is 0.235. The molecule has 1 N–H and O–H groups in total. The minimum atomic E-state index is -0.657. The molecule has 1 unspecified atom stereocenters. The Morgan fingerprint density at radius 2 is 1.91 bits per heavy atom. The molecule has 5 heteroatoms. The molecule has 0 bridgehead atoms. The first-order chi connectivity index (χ1) is 10.4. The van der Waals surface area contributed by atoms with E-state index in [2.05, 4.69) is 5.32 Å². The smallest absolute Gasteiger partial charge is 0.265 e. The Kier molecular flexibility index (Phi) is 5.33. The maximum atomic E-state index is 12.2. The number of hydrogen-bond donors (Lipinski definition) is 1. The lowest BCUT2D eigenvalue weighted by Crippen LogP contribution is -2.30. The van der Waals surface area contributed by atoms with Gasteiger partial charge in [0.2, 0.25) is 0 Å². The summed E-state index contributed by atoms with van der Waals surface area (Å²) in [5.74, 6) is 0.407. The number of rotatable bonds is 4. The molecule has 0 radical (unpaired) electrons. The number of carbonyl (C=O) groups excluding carboxylic acids is 1. The van der Waals surface area contributed by atoms with Gasteiger partial charge in [0.1, 0.15) is 5.75 Å². The summed E-state index contributed by atoms with van der Waals surface area (Å²) in [5, 5.41) is 3.43. The number of hydrogen-bond acceptors (Lipinski definition) is 2. The predicted octanol–water partition coefficient (Wildman–Crippen LogP) is 5.02. The normalized spacial score (nSPS) is 11.9. The number of ether oxygens (including phenoxy) is 1. The maximum Gasteiger partial charge on any atom is 0.265 e. The Hall–Kier alpha value is -1.71. The van der Waals surface area contributed by atoms with Crippen molar-refractivity contribution in [3.05, 3.63) is 57.6 Å². The molecule has 0 aromatic heterocycles. The van der Waals surface area contributed by atoms with Gasteiger partial charge in [-0.2, -0.15) is 0 Å². The third-order valence-electron chi connectivity index (χ3n) is 3.23. The van der Waals surface area contributed by atoms with Gasteiger partial charge < -0.3 is 10.1 Å². The van der Waals surface area contributed by atoms with E-state index in [-0.39, 0.29) is 5.91 Å². The Morgan fingerprint density at radius 1 is 1.18 bits per heavy atom. The van der Waals surface area contributed by atoms with Crippen molar-refractivity contribution < 1.29 is 9.53 Å². The maximum absolute atomic E-state index is 12.2. The van der Waals surface area contributed by atoms with Crippen molar-refractivity contribution in [3.63, 3.8) is 0 Å². The number of carbonyl (C=O) groups is 1. The summed E-state index contributed by atoms with van der Waals surface area (Å²) in [6, 6.07) is 10.9. The van der Waals surface area contributed by atoms with Gasteiger partial charge in [0, 0.05) is 0 Å². The Morgan fingerprint density at radius 3 is 2.64 bits per heavy atom. The van der Waals surface area contributed by atoms with Crippen molar-refractivity contribution >= 4 is 34.8 Å². The molecule has 2 aromatic rings. The first-order valence-electron chi connectivity index (χ1n) is 6.87. The summed E-state index contributed by atoms with van der Waals surface area (Å²) >= 11 is 12.0. The van der Waals surface area contributed by atoms with Crippen LogP contribution in [0.25, 0.3) is 0 Å².